The van der Waals surface area contributed by atoms with E-state index in [1.54, 1.807) is 5.57 Å². The van der Waals surface area contributed by atoms with Gasteiger partial charge in [-0.05, 0) is 91.9 Å². The molecular weight excluding hydrogens is 490 g/mol. The Kier molecular flexibility index (Phi) is 7.56. The Balaban J connectivity index is 1.27. The van der Waals surface area contributed by atoms with E-state index in [-0.39, 0.29) is 46.7 Å². The van der Waals surface area contributed by atoms with E-state index in [2.05, 4.69) is 33.8 Å². The molecule has 3 fully saturated rings. The third kappa shape index (κ3) is 4.88. The molecule has 0 saturated heterocycles. The van der Waals surface area contributed by atoms with Crippen LogP contribution in [0.1, 0.15) is 106 Å². The number of carbonyl (C=O) groups excluding carboxylic acids is 3. The minimum atomic E-state index is -0.179. The van der Waals surface area contributed by atoms with Crippen molar-refractivity contribution in [2.75, 3.05) is 6.54 Å². The Morgan fingerprint density at radius 3 is 2.49 bits per heavy atom. The molecule has 6 nitrogen and oxygen atoms in total. The van der Waals surface area contributed by atoms with Crippen molar-refractivity contribution >= 4 is 17.8 Å². The van der Waals surface area contributed by atoms with Crippen LogP contribution >= 0.6 is 0 Å². The molecule has 0 bridgehead atoms. The van der Waals surface area contributed by atoms with E-state index < -0.39 is 0 Å². The fraction of sp³-hybridized carbons (Fsp3) is 0.788. The minimum absolute atomic E-state index is 0.0494. The summed E-state index contributed by atoms with van der Waals surface area (Å²) in [5.41, 5.74) is 3.50. The highest BCUT2D eigenvalue weighted by Crippen LogP contribution is 2.69. The zero-order valence-electron chi connectivity index (χ0n) is 25.2. The van der Waals surface area contributed by atoms with Gasteiger partial charge in [0, 0.05) is 46.1 Å². The summed E-state index contributed by atoms with van der Waals surface area (Å²) >= 11 is 0. The summed E-state index contributed by atoms with van der Waals surface area (Å²) in [5.74, 6) is 3.48. The highest BCUT2D eigenvalue weighted by Gasteiger charge is 2.63. The van der Waals surface area contributed by atoms with Crippen molar-refractivity contribution in [1.29, 1.82) is 0 Å². The van der Waals surface area contributed by atoms with E-state index in [0.29, 0.717) is 30.2 Å². The van der Waals surface area contributed by atoms with E-state index in [0.717, 1.165) is 50.7 Å². The van der Waals surface area contributed by atoms with Gasteiger partial charge in [0.2, 0.25) is 11.8 Å². The quantitative estimate of drug-likeness (QED) is 0.281. The molecule has 2 amide bonds. The van der Waals surface area contributed by atoms with Crippen LogP contribution in [0.25, 0.3) is 0 Å². The normalized spacial score (nSPS) is 39.4. The van der Waals surface area contributed by atoms with Gasteiger partial charge in [-0.1, -0.05) is 32.4 Å². The fourth-order valence-electron chi connectivity index (χ4n) is 9.81. The molecule has 0 aromatic heterocycles. The lowest BCUT2D eigenvalue weighted by molar-refractivity contribution is -0.149. The number of rotatable bonds is 6. The van der Waals surface area contributed by atoms with Crippen LogP contribution in [0.4, 0.5) is 0 Å². The van der Waals surface area contributed by atoms with Gasteiger partial charge in [0.15, 0.2) is 0 Å². The predicted octanol–water partition coefficient (Wildman–Crippen LogP) is 6.59. The van der Waals surface area contributed by atoms with Crippen LogP contribution < -0.4 is 0 Å². The van der Waals surface area contributed by atoms with Crippen molar-refractivity contribution in [3.63, 3.8) is 0 Å². The first-order valence-corrected chi connectivity index (χ1v) is 15.4. The van der Waals surface area contributed by atoms with Gasteiger partial charge in [-0.2, -0.15) is 0 Å². The summed E-state index contributed by atoms with van der Waals surface area (Å²) in [6.45, 7) is 14.4. The third-order valence-corrected chi connectivity index (χ3v) is 11.7. The molecule has 9 atom stereocenters. The molecule has 0 unspecified atom stereocenters. The zero-order valence-corrected chi connectivity index (χ0v) is 25.2. The molecule has 0 aromatic carbocycles. The summed E-state index contributed by atoms with van der Waals surface area (Å²) in [7, 11) is 0. The molecule has 6 heteroatoms. The maximum absolute atomic E-state index is 11.8. The van der Waals surface area contributed by atoms with E-state index in [1.807, 2.05) is 0 Å². The monoisotopic (exact) mass is 539 g/mol. The second-order valence-corrected chi connectivity index (χ2v) is 14.0. The standard InChI is InChI=1S/C33H49NO5/c1-19(18-34(21(3)35)22(4)36)8-11-29-20(2)31-30(39-29)17-28-26-10-9-24-16-25(38-23(5)37)12-14-32(24,6)27(26)13-15-33(28,31)7/h9,19,25-28,30-31H,8,10-18H2,1-7H3/t19-,25+,26+,27-,28+,30+,31-,32+,33-/m1/s1. The summed E-state index contributed by atoms with van der Waals surface area (Å²) in [4.78, 5) is 36.6. The first-order valence-electron chi connectivity index (χ1n) is 15.4. The van der Waals surface area contributed by atoms with Gasteiger partial charge in [0.25, 0.3) is 0 Å². The number of allylic oxidation sites excluding steroid dienone is 2. The number of hydrogen-bond donors (Lipinski definition) is 0. The van der Waals surface area contributed by atoms with Crippen LogP contribution in [-0.2, 0) is 23.9 Å². The second kappa shape index (κ2) is 10.4. The Morgan fingerprint density at radius 1 is 1.10 bits per heavy atom. The fourth-order valence-corrected chi connectivity index (χ4v) is 9.81. The van der Waals surface area contributed by atoms with E-state index >= 15 is 0 Å². The first kappa shape index (κ1) is 28.4. The van der Waals surface area contributed by atoms with Crippen LogP contribution in [0.2, 0.25) is 0 Å². The second-order valence-electron chi connectivity index (χ2n) is 14.0. The summed E-state index contributed by atoms with van der Waals surface area (Å²) in [6, 6.07) is 0. The molecule has 0 aromatic rings. The lowest BCUT2D eigenvalue weighted by Crippen LogP contribution is -2.50. The van der Waals surface area contributed by atoms with Crippen molar-refractivity contribution in [3.8, 4) is 0 Å². The van der Waals surface area contributed by atoms with Crippen molar-refractivity contribution in [3.05, 3.63) is 23.0 Å². The SMILES string of the molecule is CC(=O)O[C@H]1CC[C@@]2(C)C(=CC[C@H]3[C@H]2CC[C@@]2(C)[C@@H]4C(C)=C(CC[C@@H](C)CN(C(C)=O)C(C)=O)O[C@H]4C[C@@H]32)C1. The molecule has 3 saturated carbocycles. The van der Waals surface area contributed by atoms with Gasteiger partial charge in [-0.3, -0.25) is 19.3 Å². The number of ether oxygens (including phenoxy) is 2. The molecule has 216 valence electrons. The van der Waals surface area contributed by atoms with Crippen molar-refractivity contribution in [2.45, 2.75) is 118 Å². The molecule has 0 radical (unpaired) electrons. The molecule has 1 heterocycles. The highest BCUT2D eigenvalue weighted by molar-refractivity contribution is 5.92. The first-order chi connectivity index (χ1) is 18.3. The largest absolute Gasteiger partial charge is 0.494 e. The Hall–Kier alpha value is -2.11. The average molecular weight is 540 g/mol. The smallest absolute Gasteiger partial charge is 0.302 e. The van der Waals surface area contributed by atoms with Gasteiger partial charge >= 0.3 is 5.97 Å². The Labute approximate surface area is 234 Å². The van der Waals surface area contributed by atoms with Gasteiger partial charge in [0.05, 0.1) is 5.76 Å². The molecule has 0 spiro atoms. The number of hydrogen-bond acceptors (Lipinski definition) is 5. The van der Waals surface area contributed by atoms with Gasteiger partial charge < -0.3 is 9.47 Å². The van der Waals surface area contributed by atoms with Gasteiger partial charge in [-0.25, -0.2) is 0 Å². The molecule has 39 heavy (non-hydrogen) atoms. The van der Waals surface area contributed by atoms with Gasteiger partial charge in [-0.15, -0.1) is 0 Å². The molecule has 5 rings (SSSR count). The summed E-state index contributed by atoms with van der Waals surface area (Å²) in [5, 5.41) is 0. The molecule has 5 aliphatic rings. The van der Waals surface area contributed by atoms with Crippen LogP contribution in [-0.4, -0.2) is 41.4 Å². The molecule has 1 aliphatic heterocycles. The highest BCUT2D eigenvalue weighted by atomic mass is 16.5. The maximum Gasteiger partial charge on any atom is 0.302 e. The van der Waals surface area contributed by atoms with E-state index in [1.165, 1.54) is 44.1 Å². The van der Waals surface area contributed by atoms with Crippen LogP contribution in [0, 0.1) is 40.4 Å². The molecular formula is C33H49NO5. The number of esters is 1. The topological polar surface area (TPSA) is 72.9 Å². The maximum atomic E-state index is 11.8. The third-order valence-electron chi connectivity index (χ3n) is 11.7. The lowest BCUT2D eigenvalue weighted by atomic mass is 9.47. The van der Waals surface area contributed by atoms with Crippen LogP contribution in [0.3, 0.4) is 0 Å². The number of amides is 2. The minimum Gasteiger partial charge on any atom is -0.494 e. The predicted molar refractivity (Wildman–Crippen MR) is 150 cm³/mol. The van der Waals surface area contributed by atoms with Gasteiger partial charge in [0.1, 0.15) is 12.2 Å². The van der Waals surface area contributed by atoms with Crippen LogP contribution in [0.15, 0.2) is 23.0 Å². The Bertz CT molecular complexity index is 1080. The summed E-state index contributed by atoms with van der Waals surface area (Å²) < 4.78 is 12.4. The Morgan fingerprint density at radius 2 is 1.82 bits per heavy atom. The van der Waals surface area contributed by atoms with Crippen LogP contribution in [0.5, 0.6) is 0 Å². The number of carbonyl (C=O) groups is 3. The molecule has 0 N–H and O–H groups in total. The average Bonchev–Trinajstić information content (AvgIpc) is 3.33. The van der Waals surface area contributed by atoms with Crippen molar-refractivity contribution in [1.82, 2.24) is 4.90 Å². The van der Waals surface area contributed by atoms with Crippen molar-refractivity contribution in [2.24, 2.45) is 40.4 Å². The van der Waals surface area contributed by atoms with Crippen molar-refractivity contribution < 1.29 is 23.9 Å². The summed E-state index contributed by atoms with van der Waals surface area (Å²) in [6.07, 6.45) is 12.5. The number of fused-ring (bicyclic) bond motifs is 7. The lowest BCUT2D eigenvalue weighted by Gasteiger charge is -2.58. The van der Waals surface area contributed by atoms with E-state index in [4.69, 9.17) is 9.47 Å². The van der Waals surface area contributed by atoms with E-state index in [9.17, 15) is 14.4 Å². The number of nitrogens with zero attached hydrogens (tertiary/aromatic N) is 1. The zero-order chi connectivity index (χ0) is 28.3. The number of imide groups is 1. The molecule has 4 aliphatic carbocycles.